The summed E-state index contributed by atoms with van der Waals surface area (Å²) in [6.07, 6.45) is 6.26. The molecule has 1 aromatic rings. The molecule has 0 radical (unpaired) electrons. The number of rotatable bonds is 4. The lowest BCUT2D eigenvalue weighted by Crippen LogP contribution is -2.36. The highest BCUT2D eigenvalue weighted by atomic mass is 15.0. The van der Waals surface area contributed by atoms with Crippen molar-refractivity contribution in [1.82, 2.24) is 5.32 Å². The summed E-state index contributed by atoms with van der Waals surface area (Å²) in [6, 6.07) is 9.22. The Kier molecular flexibility index (Phi) is 3.65. The number of nitrogens with one attached hydrogen (secondary N) is 1. The molecule has 0 amide bonds. The van der Waals surface area contributed by atoms with Gasteiger partial charge in [-0.05, 0) is 43.4 Å². The molecule has 1 aliphatic rings. The van der Waals surface area contributed by atoms with Crippen LogP contribution >= 0.6 is 0 Å². The third-order valence-electron chi connectivity index (χ3n) is 3.84. The van der Waals surface area contributed by atoms with Crippen LogP contribution in [-0.4, -0.2) is 6.54 Å². The zero-order valence-corrected chi connectivity index (χ0v) is 10.6. The molecule has 0 aromatic heterocycles. The lowest BCUT2D eigenvalue weighted by Gasteiger charge is -2.30. The van der Waals surface area contributed by atoms with Crippen LogP contribution in [0.15, 0.2) is 24.3 Å². The zero-order chi connectivity index (χ0) is 11.4. The van der Waals surface area contributed by atoms with Crippen molar-refractivity contribution in [3.63, 3.8) is 0 Å². The van der Waals surface area contributed by atoms with Gasteiger partial charge in [-0.15, -0.1) is 0 Å². The van der Waals surface area contributed by atoms with Gasteiger partial charge >= 0.3 is 0 Å². The molecule has 1 fully saturated rings. The summed E-state index contributed by atoms with van der Waals surface area (Å²) in [7, 11) is 0. The van der Waals surface area contributed by atoms with Crippen LogP contribution in [0.3, 0.4) is 0 Å². The zero-order valence-electron chi connectivity index (χ0n) is 10.6. The quantitative estimate of drug-likeness (QED) is 0.812. The molecular formula is C15H23N. The van der Waals surface area contributed by atoms with Gasteiger partial charge in [0, 0.05) is 5.54 Å². The van der Waals surface area contributed by atoms with Crippen LogP contribution in [0.5, 0.6) is 0 Å². The summed E-state index contributed by atoms with van der Waals surface area (Å²) in [5.74, 6) is 0. The van der Waals surface area contributed by atoms with E-state index in [1.165, 1.54) is 43.4 Å². The minimum absolute atomic E-state index is 0.279. The first-order valence-corrected chi connectivity index (χ1v) is 6.65. The highest BCUT2D eigenvalue weighted by Crippen LogP contribution is 2.35. The van der Waals surface area contributed by atoms with Crippen molar-refractivity contribution in [2.75, 3.05) is 6.54 Å². The van der Waals surface area contributed by atoms with E-state index in [9.17, 15) is 0 Å². The Labute approximate surface area is 99.3 Å². The Morgan fingerprint density at radius 3 is 2.44 bits per heavy atom. The first-order valence-electron chi connectivity index (χ1n) is 6.65. The fourth-order valence-electron chi connectivity index (χ4n) is 2.90. The van der Waals surface area contributed by atoms with E-state index in [-0.39, 0.29) is 5.54 Å². The van der Waals surface area contributed by atoms with Gasteiger partial charge in [0.05, 0.1) is 0 Å². The fourth-order valence-corrected chi connectivity index (χ4v) is 2.90. The second kappa shape index (κ2) is 5.01. The number of aryl methyl sites for hydroxylation is 1. The van der Waals surface area contributed by atoms with Gasteiger partial charge in [0.2, 0.25) is 0 Å². The Balaban J connectivity index is 2.24. The van der Waals surface area contributed by atoms with Crippen molar-refractivity contribution in [1.29, 1.82) is 0 Å². The van der Waals surface area contributed by atoms with Gasteiger partial charge in [0.15, 0.2) is 0 Å². The molecule has 1 unspecified atom stereocenters. The molecule has 1 saturated heterocycles. The van der Waals surface area contributed by atoms with Gasteiger partial charge in [-0.25, -0.2) is 0 Å². The van der Waals surface area contributed by atoms with E-state index < -0.39 is 0 Å². The second-order valence-electron chi connectivity index (χ2n) is 4.91. The van der Waals surface area contributed by atoms with Gasteiger partial charge in [0.1, 0.15) is 0 Å². The molecule has 2 rings (SSSR count). The van der Waals surface area contributed by atoms with Crippen LogP contribution in [0.25, 0.3) is 0 Å². The summed E-state index contributed by atoms with van der Waals surface area (Å²) in [5, 5.41) is 3.72. The van der Waals surface area contributed by atoms with Gasteiger partial charge in [-0.1, -0.05) is 44.5 Å². The van der Waals surface area contributed by atoms with Gasteiger partial charge in [0.25, 0.3) is 0 Å². The maximum absolute atomic E-state index is 3.72. The molecule has 1 heteroatoms. The molecule has 0 saturated carbocycles. The fraction of sp³-hybridized carbons (Fsp3) is 0.600. The van der Waals surface area contributed by atoms with Gasteiger partial charge in [-0.3, -0.25) is 0 Å². The number of hydrogen-bond acceptors (Lipinski definition) is 1. The van der Waals surface area contributed by atoms with Crippen LogP contribution in [0, 0.1) is 0 Å². The lowest BCUT2D eigenvalue weighted by atomic mass is 9.84. The van der Waals surface area contributed by atoms with E-state index in [1.807, 2.05) is 0 Å². The Bertz CT molecular complexity index is 320. The maximum atomic E-state index is 3.72. The van der Waals surface area contributed by atoms with Crippen molar-refractivity contribution < 1.29 is 0 Å². The highest BCUT2D eigenvalue weighted by Gasteiger charge is 2.33. The Morgan fingerprint density at radius 2 is 1.94 bits per heavy atom. The average Bonchev–Trinajstić information content (AvgIpc) is 2.80. The molecule has 0 aliphatic carbocycles. The normalized spacial score (nSPS) is 24.9. The van der Waals surface area contributed by atoms with E-state index in [1.54, 1.807) is 0 Å². The monoisotopic (exact) mass is 217 g/mol. The summed E-state index contributed by atoms with van der Waals surface area (Å²) < 4.78 is 0. The van der Waals surface area contributed by atoms with Gasteiger partial charge in [-0.2, -0.15) is 0 Å². The van der Waals surface area contributed by atoms with Crippen LogP contribution in [0.2, 0.25) is 0 Å². The molecule has 1 atom stereocenters. The summed E-state index contributed by atoms with van der Waals surface area (Å²) in [5.41, 5.74) is 3.21. The first kappa shape index (κ1) is 11.7. The number of hydrogen-bond donors (Lipinski definition) is 1. The lowest BCUT2D eigenvalue weighted by molar-refractivity contribution is 0.356. The third-order valence-corrected chi connectivity index (χ3v) is 3.84. The van der Waals surface area contributed by atoms with Crippen LogP contribution in [0.1, 0.15) is 50.7 Å². The van der Waals surface area contributed by atoms with Crippen molar-refractivity contribution in [2.45, 2.75) is 51.5 Å². The van der Waals surface area contributed by atoms with Crippen molar-refractivity contribution in [3.8, 4) is 0 Å². The molecule has 1 N–H and O–H groups in total. The predicted molar refractivity (Wildman–Crippen MR) is 69.6 cm³/mol. The van der Waals surface area contributed by atoms with E-state index in [4.69, 9.17) is 0 Å². The largest absolute Gasteiger partial charge is 0.307 e. The average molecular weight is 217 g/mol. The minimum Gasteiger partial charge on any atom is -0.307 e. The molecular weight excluding hydrogens is 194 g/mol. The Hall–Kier alpha value is -0.820. The Morgan fingerprint density at radius 1 is 1.19 bits per heavy atom. The molecule has 88 valence electrons. The molecule has 0 spiro atoms. The van der Waals surface area contributed by atoms with E-state index in [0.717, 1.165) is 6.42 Å². The minimum atomic E-state index is 0.279. The highest BCUT2D eigenvalue weighted by molar-refractivity contribution is 5.29. The molecule has 1 heterocycles. The van der Waals surface area contributed by atoms with Crippen molar-refractivity contribution in [3.05, 3.63) is 35.4 Å². The van der Waals surface area contributed by atoms with Crippen molar-refractivity contribution in [2.24, 2.45) is 0 Å². The van der Waals surface area contributed by atoms with Crippen LogP contribution in [0.4, 0.5) is 0 Å². The molecule has 1 aliphatic heterocycles. The summed E-state index contributed by atoms with van der Waals surface area (Å²) >= 11 is 0. The van der Waals surface area contributed by atoms with Crippen LogP contribution < -0.4 is 5.32 Å². The molecule has 16 heavy (non-hydrogen) atoms. The van der Waals surface area contributed by atoms with Crippen molar-refractivity contribution >= 4 is 0 Å². The SMILES string of the molecule is CCCC1(c2ccc(CC)cc2)CCCN1. The molecule has 1 nitrogen and oxygen atoms in total. The summed E-state index contributed by atoms with van der Waals surface area (Å²) in [4.78, 5) is 0. The first-order chi connectivity index (χ1) is 7.80. The van der Waals surface area contributed by atoms with Gasteiger partial charge < -0.3 is 5.32 Å². The van der Waals surface area contributed by atoms with Crippen LogP contribution in [-0.2, 0) is 12.0 Å². The molecule has 1 aromatic carbocycles. The van der Waals surface area contributed by atoms with E-state index >= 15 is 0 Å². The molecule has 0 bridgehead atoms. The maximum Gasteiger partial charge on any atom is 0.0435 e. The summed E-state index contributed by atoms with van der Waals surface area (Å²) in [6.45, 7) is 5.67. The standard InChI is InChI=1S/C15H23N/c1-3-10-15(11-5-12-16-15)14-8-6-13(4-2)7-9-14/h6-9,16H,3-5,10-12H2,1-2H3. The van der Waals surface area contributed by atoms with E-state index in [0.29, 0.717) is 0 Å². The third kappa shape index (κ3) is 2.15. The smallest absolute Gasteiger partial charge is 0.0435 e. The predicted octanol–water partition coefficient (Wildman–Crippen LogP) is 3.63. The second-order valence-corrected chi connectivity index (χ2v) is 4.91. The number of benzene rings is 1. The van der Waals surface area contributed by atoms with E-state index in [2.05, 4.69) is 43.4 Å². The topological polar surface area (TPSA) is 12.0 Å².